The van der Waals surface area contributed by atoms with Crippen molar-refractivity contribution in [1.29, 1.82) is 0 Å². The van der Waals surface area contributed by atoms with Crippen molar-refractivity contribution >= 4 is 40.3 Å². The molecule has 0 saturated heterocycles. The van der Waals surface area contributed by atoms with Gasteiger partial charge >= 0.3 is 0 Å². The fraction of sp³-hybridized carbons (Fsp3) is 0.333. The lowest BCUT2D eigenvalue weighted by Gasteiger charge is -2.23. The molecule has 7 nitrogen and oxygen atoms in total. The largest absolute Gasteiger partial charge is 0.321 e. The molecule has 2 aromatic heterocycles. The maximum absolute atomic E-state index is 13.8. The van der Waals surface area contributed by atoms with Gasteiger partial charge in [0, 0.05) is 34.7 Å². The summed E-state index contributed by atoms with van der Waals surface area (Å²) in [6.45, 7) is 8.40. The molecule has 3 heterocycles. The number of ketones is 1. The number of benzene rings is 2. The van der Waals surface area contributed by atoms with Gasteiger partial charge in [0.15, 0.2) is 5.78 Å². The number of Topliss-reactive ketones (excluding diaryl/α,β-unsaturated/α-hetero) is 1. The third kappa shape index (κ3) is 5.48. The van der Waals surface area contributed by atoms with E-state index in [1.165, 1.54) is 0 Å². The fourth-order valence-electron chi connectivity index (χ4n) is 5.35. The Kier molecular flexibility index (Phi) is 6.90. The molecule has 2 amide bonds. The van der Waals surface area contributed by atoms with Gasteiger partial charge in [-0.3, -0.25) is 19.1 Å². The molecule has 6 rings (SSSR count). The van der Waals surface area contributed by atoms with E-state index in [0.717, 1.165) is 45.1 Å². The molecule has 210 valence electrons. The molecule has 2 aliphatic rings. The molecule has 0 unspecified atom stereocenters. The van der Waals surface area contributed by atoms with Gasteiger partial charge in [-0.15, -0.1) is 11.3 Å². The van der Waals surface area contributed by atoms with Crippen molar-refractivity contribution in [3.8, 4) is 10.4 Å². The minimum absolute atomic E-state index is 0.100. The third-order valence-corrected chi connectivity index (χ3v) is 8.89. The number of nitrogens with one attached hydrogen (secondary N) is 1. The number of thiophene rings is 1. The SMILES string of the molecule is Cc1cc(C(=O)Nc2ccc(C(=O)N3CCc4cc(C(=O)CC5CC5)sc4-c4ccccc43)cc2)n(C(C)(C)C)n1. The molecule has 1 saturated carbocycles. The van der Waals surface area contributed by atoms with Crippen molar-refractivity contribution < 1.29 is 14.4 Å². The first-order valence-corrected chi connectivity index (χ1v) is 15.0. The molecule has 1 fully saturated rings. The number of carbonyl (C=O) groups excluding carboxylic acids is 3. The van der Waals surface area contributed by atoms with E-state index in [1.807, 2.05) is 62.9 Å². The zero-order valence-corrected chi connectivity index (χ0v) is 24.7. The van der Waals surface area contributed by atoms with E-state index < -0.39 is 0 Å². The van der Waals surface area contributed by atoms with Crippen molar-refractivity contribution in [3.05, 3.63) is 88.1 Å². The number of carbonyl (C=O) groups is 3. The molecule has 0 spiro atoms. The Hall–Kier alpha value is -4.04. The monoisotopic (exact) mass is 566 g/mol. The summed E-state index contributed by atoms with van der Waals surface area (Å²) in [5.74, 6) is 0.445. The normalized spacial score (nSPS) is 14.7. The van der Waals surface area contributed by atoms with Crippen LogP contribution in [-0.4, -0.2) is 33.9 Å². The predicted molar refractivity (Wildman–Crippen MR) is 163 cm³/mol. The minimum Gasteiger partial charge on any atom is -0.321 e. The molecule has 0 bridgehead atoms. The van der Waals surface area contributed by atoms with Gasteiger partial charge in [0.1, 0.15) is 5.69 Å². The Morgan fingerprint density at radius 3 is 2.46 bits per heavy atom. The summed E-state index contributed by atoms with van der Waals surface area (Å²) >= 11 is 1.55. The van der Waals surface area contributed by atoms with Crippen LogP contribution < -0.4 is 10.2 Å². The van der Waals surface area contributed by atoms with Crippen LogP contribution in [-0.2, 0) is 12.0 Å². The Balaban J connectivity index is 1.21. The summed E-state index contributed by atoms with van der Waals surface area (Å²) in [4.78, 5) is 43.4. The quantitative estimate of drug-likeness (QED) is 0.252. The number of fused-ring (bicyclic) bond motifs is 3. The van der Waals surface area contributed by atoms with E-state index in [4.69, 9.17) is 0 Å². The first-order valence-electron chi connectivity index (χ1n) is 14.1. The molecule has 1 aliphatic heterocycles. The Morgan fingerprint density at radius 2 is 1.76 bits per heavy atom. The van der Waals surface area contributed by atoms with Crippen molar-refractivity contribution in [2.24, 2.45) is 5.92 Å². The summed E-state index contributed by atoms with van der Waals surface area (Å²) in [7, 11) is 0. The van der Waals surface area contributed by atoms with Gasteiger partial charge in [-0.1, -0.05) is 18.2 Å². The number of hydrogen-bond donors (Lipinski definition) is 1. The van der Waals surface area contributed by atoms with Crippen LogP contribution in [0.5, 0.6) is 0 Å². The molecular formula is C33H34N4O3S. The molecule has 1 aliphatic carbocycles. The fourth-order valence-corrected chi connectivity index (χ4v) is 6.54. The number of para-hydroxylation sites is 1. The minimum atomic E-state index is -0.336. The van der Waals surface area contributed by atoms with Gasteiger partial charge in [0.05, 0.1) is 21.8 Å². The standard InChI is InChI=1S/C33H34N4O3S/c1-20-17-27(37(35-20)33(2,3)4)31(39)34-24-13-11-22(12-14-24)32(40)36-16-15-23-19-29(28(38)18-21-9-10-21)41-30(23)25-7-5-6-8-26(25)36/h5-8,11-14,17,19,21H,9-10,15-16,18H2,1-4H3,(H,34,39). The molecular weight excluding hydrogens is 532 g/mol. The zero-order chi connectivity index (χ0) is 28.9. The van der Waals surface area contributed by atoms with Crippen LogP contribution in [0.3, 0.4) is 0 Å². The molecule has 1 N–H and O–H groups in total. The first kappa shape index (κ1) is 27.1. The van der Waals surface area contributed by atoms with E-state index in [1.54, 1.807) is 46.4 Å². The van der Waals surface area contributed by atoms with E-state index in [0.29, 0.717) is 42.2 Å². The summed E-state index contributed by atoms with van der Waals surface area (Å²) in [6.07, 6.45) is 3.64. The Labute approximate surface area is 244 Å². The molecule has 0 radical (unpaired) electrons. The lowest BCUT2D eigenvalue weighted by atomic mass is 10.1. The van der Waals surface area contributed by atoms with Gasteiger partial charge in [0.25, 0.3) is 11.8 Å². The van der Waals surface area contributed by atoms with Crippen LogP contribution in [0.1, 0.15) is 81.8 Å². The average Bonchev–Trinajstić information content (AvgIpc) is 3.54. The summed E-state index contributed by atoms with van der Waals surface area (Å²) < 4.78 is 1.73. The van der Waals surface area contributed by atoms with Crippen molar-refractivity contribution in [2.45, 2.75) is 58.9 Å². The topological polar surface area (TPSA) is 84.3 Å². The van der Waals surface area contributed by atoms with Crippen LogP contribution in [0.2, 0.25) is 0 Å². The number of aryl methyl sites for hydroxylation is 1. The summed E-state index contributed by atoms with van der Waals surface area (Å²) in [5, 5.41) is 7.43. The smallest absolute Gasteiger partial charge is 0.273 e. The summed E-state index contributed by atoms with van der Waals surface area (Å²) in [5.41, 5.74) is 5.03. The van der Waals surface area contributed by atoms with Crippen LogP contribution in [0, 0.1) is 12.8 Å². The van der Waals surface area contributed by atoms with Gasteiger partial charge in [0.2, 0.25) is 0 Å². The van der Waals surface area contributed by atoms with E-state index >= 15 is 0 Å². The van der Waals surface area contributed by atoms with Crippen molar-refractivity contribution in [1.82, 2.24) is 9.78 Å². The molecule has 0 atom stereocenters. The predicted octanol–water partition coefficient (Wildman–Crippen LogP) is 7.11. The van der Waals surface area contributed by atoms with Crippen LogP contribution in [0.4, 0.5) is 11.4 Å². The number of amides is 2. The molecule has 8 heteroatoms. The number of anilines is 2. The lowest BCUT2D eigenvalue weighted by Crippen LogP contribution is -2.32. The maximum atomic E-state index is 13.8. The average molecular weight is 567 g/mol. The van der Waals surface area contributed by atoms with E-state index in [2.05, 4.69) is 10.4 Å². The number of aromatic nitrogens is 2. The van der Waals surface area contributed by atoms with Gasteiger partial charge in [-0.2, -0.15) is 5.10 Å². The highest BCUT2D eigenvalue weighted by atomic mass is 32.1. The molecule has 4 aromatic rings. The van der Waals surface area contributed by atoms with Crippen LogP contribution in [0.25, 0.3) is 10.4 Å². The summed E-state index contributed by atoms with van der Waals surface area (Å²) in [6, 6.07) is 18.8. The number of rotatable bonds is 6. The molecule has 2 aromatic carbocycles. The first-order chi connectivity index (χ1) is 19.6. The maximum Gasteiger partial charge on any atom is 0.273 e. The van der Waals surface area contributed by atoms with Gasteiger partial charge in [-0.25, -0.2) is 0 Å². The molecule has 41 heavy (non-hydrogen) atoms. The second-order valence-corrected chi connectivity index (χ2v) is 13.1. The Morgan fingerprint density at radius 1 is 1.02 bits per heavy atom. The van der Waals surface area contributed by atoms with Gasteiger partial charge < -0.3 is 10.2 Å². The zero-order valence-electron chi connectivity index (χ0n) is 23.9. The van der Waals surface area contributed by atoms with Crippen LogP contribution in [0.15, 0.2) is 60.7 Å². The van der Waals surface area contributed by atoms with E-state index in [9.17, 15) is 14.4 Å². The third-order valence-electron chi connectivity index (χ3n) is 7.63. The number of nitrogens with zero attached hydrogens (tertiary/aromatic N) is 3. The Bertz CT molecular complexity index is 1650. The highest BCUT2D eigenvalue weighted by Gasteiger charge is 2.30. The van der Waals surface area contributed by atoms with Crippen molar-refractivity contribution in [3.63, 3.8) is 0 Å². The lowest BCUT2D eigenvalue weighted by molar-refractivity contribution is 0.0974. The number of hydrogen-bond acceptors (Lipinski definition) is 5. The highest BCUT2D eigenvalue weighted by molar-refractivity contribution is 7.17. The van der Waals surface area contributed by atoms with Crippen LogP contribution >= 0.6 is 11.3 Å². The van der Waals surface area contributed by atoms with Gasteiger partial charge in [-0.05, 0) is 101 Å². The second-order valence-electron chi connectivity index (χ2n) is 12.0. The highest BCUT2D eigenvalue weighted by Crippen LogP contribution is 2.43. The second kappa shape index (κ2) is 10.4. The van der Waals surface area contributed by atoms with Crippen molar-refractivity contribution in [2.75, 3.05) is 16.8 Å². The van der Waals surface area contributed by atoms with E-state index in [-0.39, 0.29) is 23.1 Å².